The first kappa shape index (κ1) is 47.5. The SMILES string of the molecule is COc1cc(/C=C/C(=O)OC[C@H]2O[C@@H](OC[C@H]3O[C@@H](OC4=Cc5c(O)cc(O)cc5[OH+]C4c4ccc(O)c(O)c4)[C@H](O[C@@H]4OC[C@@H](O)[C@H](O)[C@H]4O)[C@@H](O)[C@H]3O)[C@H](O)[C@@H](O)[C@@H]2O)ccc1O. The number of aliphatic hydroxyl groups is 9. The number of aliphatic hydroxyl groups excluding tert-OH is 8. The summed E-state index contributed by atoms with van der Waals surface area (Å²) in [7, 11) is 1.35. The van der Waals surface area contributed by atoms with E-state index in [0.29, 0.717) is 5.56 Å². The van der Waals surface area contributed by atoms with Gasteiger partial charge in [0.15, 0.2) is 47.4 Å². The molecule has 0 saturated carbocycles. The Kier molecular flexibility index (Phi) is 14.5. The van der Waals surface area contributed by atoms with Crippen molar-refractivity contribution in [2.24, 2.45) is 0 Å². The van der Waals surface area contributed by atoms with Gasteiger partial charge in [0.1, 0.15) is 84.7 Å². The molecule has 4 aliphatic rings. The number of benzene rings is 3. The molecule has 3 aromatic carbocycles. The first-order valence-electron chi connectivity index (χ1n) is 20.0. The van der Waals surface area contributed by atoms with Gasteiger partial charge in [0.2, 0.25) is 6.29 Å². The molecule has 3 aromatic rings. The smallest absolute Gasteiger partial charge is 0.330 e. The monoisotopic (exact) mass is 921 g/mol. The number of carbonyl (C=O) groups is 1. The number of phenolic OH excluding ortho intramolecular Hbond substituents is 5. The summed E-state index contributed by atoms with van der Waals surface area (Å²) in [6, 6.07) is 10.2. The van der Waals surface area contributed by atoms with Gasteiger partial charge in [0.05, 0.1) is 32.0 Å². The summed E-state index contributed by atoms with van der Waals surface area (Å²) in [5.74, 6) is -2.80. The highest BCUT2D eigenvalue weighted by molar-refractivity contribution is 5.87. The largest absolute Gasteiger partial charge is 0.571 e. The molecule has 23 nitrogen and oxygen atoms in total. The number of hydrogen-bond donors (Lipinski definition) is 13. The number of ether oxygens (including phenoxy) is 9. The second-order valence-corrected chi connectivity index (χ2v) is 15.5. The van der Waals surface area contributed by atoms with Crippen molar-refractivity contribution < 1.29 is 114 Å². The summed E-state index contributed by atoms with van der Waals surface area (Å²) < 4.78 is 49.7. The van der Waals surface area contributed by atoms with Gasteiger partial charge in [0.25, 0.3) is 11.9 Å². The van der Waals surface area contributed by atoms with Crippen molar-refractivity contribution in [1.29, 1.82) is 0 Å². The van der Waals surface area contributed by atoms with Gasteiger partial charge < -0.3 is 109 Å². The third-order valence-electron chi connectivity index (χ3n) is 11.0. The van der Waals surface area contributed by atoms with E-state index in [1.54, 1.807) is 0 Å². The number of aromatic hydroxyl groups is 6. The molecule has 3 saturated heterocycles. The lowest BCUT2D eigenvalue weighted by molar-refractivity contribution is -0.360. The van der Waals surface area contributed by atoms with Crippen molar-refractivity contribution in [2.45, 2.75) is 92.1 Å². The van der Waals surface area contributed by atoms with Crippen molar-refractivity contribution in [2.75, 3.05) is 26.9 Å². The molecule has 14 N–H and O–H groups in total. The predicted molar refractivity (Wildman–Crippen MR) is 214 cm³/mol. The van der Waals surface area contributed by atoms with Crippen molar-refractivity contribution in [3.8, 4) is 40.2 Å². The fourth-order valence-electron chi connectivity index (χ4n) is 7.36. The maximum absolute atomic E-state index is 12.5. The minimum atomic E-state index is -2.01. The quantitative estimate of drug-likeness (QED) is 0.0379. The summed E-state index contributed by atoms with van der Waals surface area (Å²) >= 11 is 0. The lowest BCUT2D eigenvalue weighted by Crippen LogP contribution is -2.64. The first-order valence-corrected chi connectivity index (χ1v) is 20.0. The van der Waals surface area contributed by atoms with Crippen LogP contribution >= 0.6 is 0 Å². The fourth-order valence-corrected chi connectivity index (χ4v) is 7.36. The minimum absolute atomic E-state index is 0.0346. The fraction of sp³-hybridized carbons (Fsp3) is 0.452. The average molecular weight is 922 g/mol. The predicted octanol–water partition coefficient (Wildman–Crippen LogP) is -2.07. The minimum Gasteiger partial charge on any atom is -0.571 e. The van der Waals surface area contributed by atoms with Crippen molar-refractivity contribution in [3.05, 3.63) is 77.1 Å². The van der Waals surface area contributed by atoms with E-state index in [-0.39, 0.29) is 39.9 Å². The molecule has 0 aromatic heterocycles. The second kappa shape index (κ2) is 19.9. The zero-order chi connectivity index (χ0) is 46.9. The van der Waals surface area contributed by atoms with Crippen LogP contribution in [0, 0.1) is 0 Å². The molecule has 15 atom stereocenters. The molecule has 1 unspecified atom stereocenters. The summed E-state index contributed by atoms with van der Waals surface area (Å²) in [4.78, 5) is 12.5. The molecular weight excluding hydrogens is 872 g/mol. The molecule has 0 bridgehead atoms. The Labute approximate surface area is 367 Å². The lowest BCUT2D eigenvalue weighted by atomic mass is 9.97. The van der Waals surface area contributed by atoms with Crippen LogP contribution in [0.4, 0.5) is 0 Å². The maximum atomic E-state index is 12.5. The number of phenols is 5. The Morgan fingerprint density at radius 1 is 0.723 bits per heavy atom. The number of rotatable bonds is 13. The van der Waals surface area contributed by atoms with Gasteiger partial charge in [-0.05, 0) is 42.0 Å². The van der Waals surface area contributed by atoms with E-state index in [1.807, 2.05) is 0 Å². The molecule has 0 aliphatic carbocycles. The Morgan fingerprint density at radius 2 is 1.42 bits per heavy atom. The Hall–Kier alpha value is -5.51. The highest BCUT2D eigenvalue weighted by Gasteiger charge is 2.52. The molecule has 0 spiro atoms. The molecule has 4 heterocycles. The molecule has 354 valence electrons. The van der Waals surface area contributed by atoms with Crippen LogP contribution < -0.4 is 4.74 Å². The van der Waals surface area contributed by atoms with E-state index in [0.717, 1.165) is 24.3 Å². The number of fused-ring (bicyclic) bond motifs is 1. The van der Waals surface area contributed by atoms with Gasteiger partial charge in [-0.3, -0.25) is 0 Å². The molecule has 0 amide bonds. The molecule has 65 heavy (non-hydrogen) atoms. The number of methoxy groups -OCH3 is 1. The summed E-state index contributed by atoms with van der Waals surface area (Å²) in [5.41, 5.74) is 0.690. The number of hydrogen-bond acceptors (Lipinski definition) is 22. The Bertz CT molecular complexity index is 2220. The number of carbonyl (C=O) groups excluding carboxylic acids is 1. The van der Waals surface area contributed by atoms with Crippen LogP contribution in [0.25, 0.3) is 12.2 Å². The van der Waals surface area contributed by atoms with Crippen LogP contribution in [0.15, 0.2) is 60.4 Å². The van der Waals surface area contributed by atoms with Gasteiger partial charge in [-0.1, -0.05) is 6.07 Å². The van der Waals surface area contributed by atoms with Crippen LogP contribution in [-0.4, -0.2) is 190 Å². The van der Waals surface area contributed by atoms with Crippen LogP contribution in [-0.2, 0) is 38.0 Å². The van der Waals surface area contributed by atoms with Gasteiger partial charge in [-0.15, -0.1) is 0 Å². The topological polar surface area (TPSA) is 367 Å². The average Bonchev–Trinajstić information content (AvgIpc) is 3.28. The normalized spacial score (nSPS) is 33.7. The number of esters is 1. The first-order chi connectivity index (χ1) is 30.9. The Balaban J connectivity index is 1.10. The van der Waals surface area contributed by atoms with E-state index in [4.69, 9.17) is 37.9 Å². The highest BCUT2D eigenvalue weighted by Crippen LogP contribution is 2.46. The van der Waals surface area contributed by atoms with Crippen molar-refractivity contribution in [1.82, 2.24) is 0 Å². The van der Waals surface area contributed by atoms with Gasteiger partial charge in [-0.25, -0.2) is 4.79 Å². The van der Waals surface area contributed by atoms with Crippen LogP contribution in [0.2, 0.25) is 0 Å². The third kappa shape index (κ3) is 10.3. The Morgan fingerprint density at radius 3 is 2.15 bits per heavy atom. The molecule has 3 fully saturated rings. The maximum Gasteiger partial charge on any atom is 0.330 e. The van der Waals surface area contributed by atoms with E-state index >= 15 is 0 Å². The van der Waals surface area contributed by atoms with Crippen molar-refractivity contribution >= 4 is 18.1 Å². The third-order valence-corrected chi connectivity index (χ3v) is 11.0. The zero-order valence-electron chi connectivity index (χ0n) is 34.1. The summed E-state index contributed by atoms with van der Waals surface area (Å²) in [6.45, 7) is -1.93. The van der Waals surface area contributed by atoms with Gasteiger partial charge in [0, 0.05) is 18.2 Å². The zero-order valence-corrected chi connectivity index (χ0v) is 34.1. The van der Waals surface area contributed by atoms with Crippen LogP contribution in [0.3, 0.4) is 0 Å². The molecule has 0 radical (unpaired) electrons. The van der Waals surface area contributed by atoms with Gasteiger partial charge >= 0.3 is 5.97 Å². The summed E-state index contributed by atoms with van der Waals surface area (Å²) in [5, 5.41) is 137. The van der Waals surface area contributed by atoms with E-state index in [2.05, 4.69) is 4.74 Å². The van der Waals surface area contributed by atoms with Crippen LogP contribution in [0.1, 0.15) is 22.8 Å². The van der Waals surface area contributed by atoms with Gasteiger partial charge in [-0.2, -0.15) is 0 Å². The second-order valence-electron chi connectivity index (χ2n) is 15.5. The van der Waals surface area contributed by atoms with Crippen molar-refractivity contribution in [3.63, 3.8) is 0 Å². The van der Waals surface area contributed by atoms with E-state index < -0.39 is 135 Å². The highest BCUT2D eigenvalue weighted by atomic mass is 16.8. The molecular formula is C42H49O23+. The molecule has 7 rings (SSSR count). The standard InChI is InChI=1S/C42H48O23/c1-57-26-8-16(2-5-21(26)45)3-7-30(49)58-14-28-32(51)34(53)37(56)40(63-28)60-15-29-33(52)35(54)39(65-41-36(55)31(50)24(48)13-59-41)42(64-29)62-27-12-19-22(46)10-18(43)11-25(19)61-38(27)17-4-6-20(44)23(47)9-17/h2-12,24,28-29,31-48,50-56H,13-15H2,1H3/p+1/b7-3+/t24-,28-,29-,31+,32-,33+,34+,35+,36-,37-,38?,39-,40-,41+,42-/m1/s1. The molecule has 4 aliphatic heterocycles. The van der Waals surface area contributed by atoms with E-state index in [1.165, 1.54) is 49.6 Å². The van der Waals surface area contributed by atoms with E-state index in [9.17, 15) is 71.2 Å². The molecule has 23 heteroatoms. The lowest BCUT2D eigenvalue weighted by Gasteiger charge is -2.46. The van der Waals surface area contributed by atoms with Crippen LogP contribution in [0.5, 0.6) is 40.2 Å². The summed E-state index contributed by atoms with van der Waals surface area (Å²) in [6.07, 6.45) is -22.6.